The molecule has 7 heteroatoms. The summed E-state index contributed by atoms with van der Waals surface area (Å²) in [5, 5.41) is 0. The van der Waals surface area contributed by atoms with E-state index in [0.717, 1.165) is 12.1 Å². The van der Waals surface area contributed by atoms with Crippen LogP contribution in [0.15, 0.2) is 23.1 Å². The first-order valence-corrected chi connectivity index (χ1v) is 7.42. The van der Waals surface area contributed by atoms with Gasteiger partial charge in [0.05, 0.1) is 15.7 Å². The third-order valence-electron chi connectivity index (χ3n) is 3.07. The maximum atomic E-state index is 13.4. The van der Waals surface area contributed by atoms with Crippen molar-refractivity contribution in [1.29, 1.82) is 0 Å². The summed E-state index contributed by atoms with van der Waals surface area (Å²) in [5.74, 6) is -2.34. The van der Waals surface area contributed by atoms with Crippen molar-refractivity contribution in [1.82, 2.24) is 4.90 Å². The van der Waals surface area contributed by atoms with E-state index in [-0.39, 0.29) is 22.3 Å². The number of hydrogen-bond donors (Lipinski definition) is 0. The molecule has 0 spiro atoms. The van der Waals surface area contributed by atoms with Gasteiger partial charge >= 0.3 is 0 Å². The molecule has 1 aromatic carbocycles. The fourth-order valence-electron chi connectivity index (χ4n) is 1.95. The molecule has 0 radical (unpaired) electrons. The standard InChI is InChI=1S/C13H13F2NO3S/c14-9-1-2-12(11(15)7-9)20(19)8-13(18)16-5-3-10(17)4-6-16/h1-2,7H,3-6,8H2. The highest BCUT2D eigenvalue weighted by Crippen LogP contribution is 2.15. The van der Waals surface area contributed by atoms with Crippen LogP contribution >= 0.6 is 0 Å². The molecule has 4 nitrogen and oxygen atoms in total. The number of benzene rings is 1. The first-order chi connectivity index (χ1) is 9.47. The molecule has 0 aromatic heterocycles. The van der Waals surface area contributed by atoms with Crippen LogP contribution in [-0.4, -0.2) is 39.6 Å². The number of likely N-dealkylation sites (tertiary alicyclic amines) is 1. The Morgan fingerprint density at radius 3 is 2.50 bits per heavy atom. The number of halogens is 2. The summed E-state index contributed by atoms with van der Waals surface area (Å²) in [6.45, 7) is 0.613. The molecule has 1 aliphatic rings. The second-order valence-electron chi connectivity index (χ2n) is 4.48. The molecule has 20 heavy (non-hydrogen) atoms. The van der Waals surface area contributed by atoms with Crippen molar-refractivity contribution in [3.8, 4) is 0 Å². The zero-order chi connectivity index (χ0) is 14.7. The molecular weight excluding hydrogens is 288 g/mol. The molecule has 1 heterocycles. The van der Waals surface area contributed by atoms with E-state index in [1.807, 2.05) is 0 Å². The highest BCUT2D eigenvalue weighted by atomic mass is 32.2. The fraction of sp³-hybridized carbons (Fsp3) is 0.385. The lowest BCUT2D eigenvalue weighted by Crippen LogP contribution is -2.40. The lowest BCUT2D eigenvalue weighted by molar-refractivity contribution is -0.132. The molecular formula is C13H13F2NO3S. The molecule has 1 fully saturated rings. The second kappa shape index (κ2) is 6.21. The minimum absolute atomic E-state index is 0.0970. The summed E-state index contributed by atoms with van der Waals surface area (Å²) in [5.41, 5.74) is 0. The van der Waals surface area contributed by atoms with Gasteiger partial charge in [-0.15, -0.1) is 0 Å². The van der Waals surface area contributed by atoms with Gasteiger partial charge in [0.15, 0.2) is 0 Å². The van der Waals surface area contributed by atoms with E-state index < -0.39 is 22.4 Å². The average molecular weight is 301 g/mol. The van der Waals surface area contributed by atoms with E-state index in [0.29, 0.717) is 32.0 Å². The highest BCUT2D eigenvalue weighted by molar-refractivity contribution is 7.85. The SMILES string of the molecule is O=C1CCN(C(=O)CS(=O)c2ccc(F)cc2F)CC1. The molecule has 0 bridgehead atoms. The van der Waals surface area contributed by atoms with E-state index in [1.54, 1.807) is 0 Å². The van der Waals surface area contributed by atoms with Gasteiger partial charge in [0.2, 0.25) is 5.91 Å². The van der Waals surface area contributed by atoms with Crippen LogP contribution in [0.2, 0.25) is 0 Å². The molecule has 108 valence electrons. The zero-order valence-corrected chi connectivity index (χ0v) is 11.4. The molecule has 1 aliphatic heterocycles. The third kappa shape index (κ3) is 3.47. The van der Waals surface area contributed by atoms with Gasteiger partial charge in [-0.1, -0.05) is 0 Å². The Labute approximate surface area is 117 Å². The van der Waals surface area contributed by atoms with Crippen LogP contribution in [0.5, 0.6) is 0 Å². The topological polar surface area (TPSA) is 54.5 Å². The molecule has 1 amide bonds. The number of rotatable bonds is 3. The van der Waals surface area contributed by atoms with E-state index in [9.17, 15) is 22.6 Å². The van der Waals surface area contributed by atoms with Crippen molar-refractivity contribution in [2.75, 3.05) is 18.8 Å². The van der Waals surface area contributed by atoms with Gasteiger partial charge in [-0.2, -0.15) is 0 Å². The molecule has 1 atom stereocenters. The predicted molar refractivity (Wildman–Crippen MR) is 68.5 cm³/mol. The summed E-state index contributed by atoms with van der Waals surface area (Å²) < 4.78 is 38.1. The number of carbonyl (C=O) groups is 2. The Bertz CT molecular complexity index is 567. The average Bonchev–Trinajstić information content (AvgIpc) is 2.39. The van der Waals surface area contributed by atoms with E-state index >= 15 is 0 Å². The first kappa shape index (κ1) is 14.8. The summed E-state index contributed by atoms with van der Waals surface area (Å²) in [6, 6.07) is 2.71. The quantitative estimate of drug-likeness (QED) is 0.844. The van der Waals surface area contributed by atoms with Crippen LogP contribution in [0, 0.1) is 11.6 Å². The third-order valence-corrected chi connectivity index (χ3v) is 4.40. The summed E-state index contributed by atoms with van der Waals surface area (Å²) in [6.07, 6.45) is 0.590. The Morgan fingerprint density at radius 1 is 1.25 bits per heavy atom. The summed E-state index contributed by atoms with van der Waals surface area (Å²) >= 11 is 0. The predicted octanol–water partition coefficient (Wildman–Crippen LogP) is 1.26. The van der Waals surface area contributed by atoms with Crippen molar-refractivity contribution in [3.63, 3.8) is 0 Å². The van der Waals surface area contributed by atoms with Crippen molar-refractivity contribution in [2.24, 2.45) is 0 Å². The maximum Gasteiger partial charge on any atom is 0.235 e. The van der Waals surface area contributed by atoms with Crippen molar-refractivity contribution >= 4 is 22.5 Å². The smallest absolute Gasteiger partial charge is 0.235 e. The van der Waals surface area contributed by atoms with Gasteiger partial charge in [0.1, 0.15) is 23.2 Å². The first-order valence-electron chi connectivity index (χ1n) is 6.10. The monoisotopic (exact) mass is 301 g/mol. The number of carbonyl (C=O) groups excluding carboxylic acids is 2. The van der Waals surface area contributed by atoms with Gasteiger partial charge in [-0.05, 0) is 12.1 Å². The summed E-state index contributed by atoms with van der Waals surface area (Å²) in [7, 11) is -1.86. The second-order valence-corrected chi connectivity index (χ2v) is 5.90. The van der Waals surface area contributed by atoms with Crippen LogP contribution in [0.1, 0.15) is 12.8 Å². The van der Waals surface area contributed by atoms with Gasteiger partial charge in [0.25, 0.3) is 0 Å². The maximum absolute atomic E-state index is 13.4. The normalized spacial score (nSPS) is 17.1. The number of Topliss-reactive ketones (excluding diaryl/α,β-unsaturated/α-hetero) is 1. The van der Waals surface area contributed by atoms with Gasteiger partial charge < -0.3 is 4.90 Å². The molecule has 0 N–H and O–H groups in total. The van der Waals surface area contributed by atoms with Crippen LogP contribution in [-0.2, 0) is 20.4 Å². The molecule has 1 unspecified atom stereocenters. The minimum atomic E-state index is -1.86. The van der Waals surface area contributed by atoms with Crippen LogP contribution in [0.25, 0.3) is 0 Å². The van der Waals surface area contributed by atoms with Crippen molar-refractivity contribution in [2.45, 2.75) is 17.7 Å². The summed E-state index contributed by atoms with van der Waals surface area (Å²) in [4.78, 5) is 24.2. The van der Waals surface area contributed by atoms with E-state index in [1.165, 1.54) is 4.90 Å². The minimum Gasteiger partial charge on any atom is -0.341 e. The number of nitrogens with zero attached hydrogens (tertiary/aromatic N) is 1. The lowest BCUT2D eigenvalue weighted by Gasteiger charge is -2.25. The Hall–Kier alpha value is -1.63. The Morgan fingerprint density at radius 2 is 1.90 bits per heavy atom. The van der Waals surface area contributed by atoms with Crippen LogP contribution < -0.4 is 0 Å². The van der Waals surface area contributed by atoms with Crippen LogP contribution in [0.3, 0.4) is 0 Å². The van der Waals surface area contributed by atoms with Gasteiger partial charge in [-0.3, -0.25) is 13.8 Å². The van der Waals surface area contributed by atoms with Crippen molar-refractivity contribution < 1.29 is 22.6 Å². The fourth-order valence-corrected chi connectivity index (χ4v) is 3.01. The molecule has 1 aromatic rings. The number of hydrogen-bond acceptors (Lipinski definition) is 3. The number of amides is 1. The molecule has 1 saturated heterocycles. The van der Waals surface area contributed by atoms with Gasteiger partial charge in [0, 0.05) is 32.0 Å². The Kier molecular flexibility index (Phi) is 4.59. The molecule has 2 rings (SSSR count). The molecule has 0 aliphatic carbocycles. The highest BCUT2D eigenvalue weighted by Gasteiger charge is 2.23. The van der Waals surface area contributed by atoms with E-state index in [2.05, 4.69) is 0 Å². The largest absolute Gasteiger partial charge is 0.341 e. The van der Waals surface area contributed by atoms with Gasteiger partial charge in [-0.25, -0.2) is 8.78 Å². The Balaban J connectivity index is 2.00. The van der Waals surface area contributed by atoms with Crippen molar-refractivity contribution in [3.05, 3.63) is 29.8 Å². The zero-order valence-electron chi connectivity index (χ0n) is 10.6. The van der Waals surface area contributed by atoms with Crippen LogP contribution in [0.4, 0.5) is 8.78 Å². The number of ketones is 1. The lowest BCUT2D eigenvalue weighted by atomic mass is 10.1. The number of piperidine rings is 1. The molecule has 0 saturated carbocycles. The van der Waals surface area contributed by atoms with E-state index in [4.69, 9.17) is 0 Å².